The Kier molecular flexibility index (Phi) is 3.07. The first-order chi connectivity index (χ1) is 9.56. The summed E-state index contributed by atoms with van der Waals surface area (Å²) in [7, 11) is 0. The van der Waals surface area contributed by atoms with Gasteiger partial charge in [0.15, 0.2) is 5.82 Å². The summed E-state index contributed by atoms with van der Waals surface area (Å²) < 4.78 is 0. The summed E-state index contributed by atoms with van der Waals surface area (Å²) in [4.78, 5) is 8.94. The zero-order valence-corrected chi connectivity index (χ0v) is 11.9. The highest BCUT2D eigenvalue weighted by Crippen LogP contribution is 2.30. The summed E-state index contributed by atoms with van der Waals surface area (Å²) in [5.41, 5.74) is 3.95. The highest BCUT2D eigenvalue weighted by atomic mass is 35.5. The van der Waals surface area contributed by atoms with E-state index in [0.29, 0.717) is 16.4 Å². The van der Waals surface area contributed by atoms with E-state index in [1.807, 2.05) is 32.0 Å². The van der Waals surface area contributed by atoms with Crippen LogP contribution in [0.4, 0.5) is 0 Å². The Bertz CT molecular complexity index is 795. The third kappa shape index (κ3) is 2.10. The molecule has 20 heavy (non-hydrogen) atoms. The van der Waals surface area contributed by atoms with Crippen LogP contribution in [0.2, 0.25) is 5.15 Å². The molecule has 2 aromatic carbocycles. The van der Waals surface area contributed by atoms with Crippen molar-refractivity contribution in [3.05, 3.63) is 52.7 Å². The Hall–Kier alpha value is -2.13. The molecule has 0 amide bonds. The lowest BCUT2D eigenvalue weighted by Crippen LogP contribution is -1.96. The summed E-state index contributed by atoms with van der Waals surface area (Å²) in [6, 6.07) is 11.0. The number of phenols is 1. The number of aryl methyl sites for hydroxylation is 2. The number of aromatic nitrogens is 2. The maximum atomic E-state index is 9.52. The molecule has 0 atom stereocenters. The van der Waals surface area contributed by atoms with Gasteiger partial charge in [0, 0.05) is 10.9 Å². The van der Waals surface area contributed by atoms with Gasteiger partial charge in [-0.2, -0.15) is 0 Å². The third-order valence-corrected chi connectivity index (χ3v) is 3.63. The molecule has 0 saturated heterocycles. The van der Waals surface area contributed by atoms with Crippen LogP contribution in [0.1, 0.15) is 11.1 Å². The maximum absolute atomic E-state index is 9.52. The van der Waals surface area contributed by atoms with Gasteiger partial charge >= 0.3 is 0 Å². The predicted octanol–water partition coefficient (Wildman–Crippen LogP) is 4.27. The lowest BCUT2D eigenvalue weighted by atomic mass is 10.0. The molecule has 0 aliphatic heterocycles. The molecule has 0 fully saturated rings. The first-order valence-corrected chi connectivity index (χ1v) is 6.67. The number of nitrogens with zero attached hydrogens (tertiary/aromatic N) is 2. The molecule has 0 unspecified atom stereocenters. The van der Waals surface area contributed by atoms with Gasteiger partial charge < -0.3 is 5.11 Å². The molecular weight excluding hydrogens is 272 g/mol. The van der Waals surface area contributed by atoms with Crippen molar-refractivity contribution >= 4 is 22.5 Å². The molecule has 3 aromatic rings. The molecule has 0 radical (unpaired) electrons. The molecule has 3 nitrogen and oxygen atoms in total. The fourth-order valence-electron chi connectivity index (χ4n) is 2.36. The van der Waals surface area contributed by atoms with Crippen LogP contribution in [-0.2, 0) is 0 Å². The first kappa shape index (κ1) is 12.9. The van der Waals surface area contributed by atoms with Crippen molar-refractivity contribution in [2.45, 2.75) is 13.8 Å². The SMILES string of the molecule is Cc1cccc(C)c1-c1nc(Cl)c2cc(O)ccc2n1. The number of benzene rings is 2. The maximum Gasteiger partial charge on any atom is 0.162 e. The van der Waals surface area contributed by atoms with Gasteiger partial charge in [-0.25, -0.2) is 9.97 Å². The molecule has 0 aliphatic carbocycles. The van der Waals surface area contributed by atoms with Gasteiger partial charge in [-0.05, 0) is 43.2 Å². The van der Waals surface area contributed by atoms with Crippen LogP contribution in [0.3, 0.4) is 0 Å². The molecule has 0 aliphatic rings. The predicted molar refractivity (Wildman–Crippen MR) is 81.1 cm³/mol. The Labute approximate surface area is 121 Å². The van der Waals surface area contributed by atoms with Crippen LogP contribution in [0.5, 0.6) is 5.75 Å². The number of phenolic OH excluding ortho intramolecular Hbond substituents is 1. The van der Waals surface area contributed by atoms with Crippen molar-refractivity contribution in [2.24, 2.45) is 0 Å². The average Bonchev–Trinajstić information content (AvgIpc) is 2.39. The second-order valence-electron chi connectivity index (χ2n) is 4.81. The van der Waals surface area contributed by atoms with Crippen LogP contribution >= 0.6 is 11.6 Å². The van der Waals surface area contributed by atoms with Crippen LogP contribution in [0.15, 0.2) is 36.4 Å². The van der Waals surface area contributed by atoms with Gasteiger partial charge in [-0.1, -0.05) is 29.8 Å². The second kappa shape index (κ2) is 4.76. The first-order valence-electron chi connectivity index (χ1n) is 6.29. The number of aromatic hydroxyl groups is 1. The Morgan fingerprint density at radius 3 is 2.40 bits per heavy atom. The number of hydrogen-bond acceptors (Lipinski definition) is 3. The highest BCUT2D eigenvalue weighted by Gasteiger charge is 2.12. The lowest BCUT2D eigenvalue weighted by Gasteiger charge is -2.10. The molecule has 1 heterocycles. The van der Waals surface area contributed by atoms with Crippen LogP contribution < -0.4 is 0 Å². The van der Waals surface area contributed by atoms with Crippen molar-refractivity contribution < 1.29 is 5.11 Å². The molecule has 3 rings (SSSR count). The molecule has 1 aromatic heterocycles. The molecule has 4 heteroatoms. The number of rotatable bonds is 1. The molecule has 1 N–H and O–H groups in total. The minimum atomic E-state index is 0.155. The Balaban J connectivity index is 2.31. The normalized spacial score (nSPS) is 10.9. The fraction of sp³-hybridized carbons (Fsp3) is 0.125. The van der Waals surface area contributed by atoms with Gasteiger partial charge in [0.2, 0.25) is 0 Å². The van der Waals surface area contributed by atoms with Gasteiger partial charge in [0.05, 0.1) is 5.52 Å². The highest BCUT2D eigenvalue weighted by molar-refractivity contribution is 6.34. The van der Waals surface area contributed by atoms with E-state index in [9.17, 15) is 5.11 Å². The minimum absolute atomic E-state index is 0.155. The monoisotopic (exact) mass is 284 g/mol. The number of hydrogen-bond donors (Lipinski definition) is 1. The van der Waals surface area contributed by atoms with Crippen molar-refractivity contribution in [1.29, 1.82) is 0 Å². The smallest absolute Gasteiger partial charge is 0.162 e. The van der Waals surface area contributed by atoms with Crippen LogP contribution in [0.25, 0.3) is 22.3 Å². The Morgan fingerprint density at radius 2 is 1.70 bits per heavy atom. The zero-order valence-electron chi connectivity index (χ0n) is 11.2. The standard InChI is InChI=1S/C16H13ClN2O/c1-9-4-3-5-10(2)14(9)16-18-13-7-6-11(20)8-12(13)15(17)19-16/h3-8,20H,1-2H3. The van der Waals surface area contributed by atoms with Crippen molar-refractivity contribution in [3.8, 4) is 17.1 Å². The van der Waals surface area contributed by atoms with Crippen molar-refractivity contribution in [1.82, 2.24) is 9.97 Å². The van der Waals surface area contributed by atoms with E-state index in [0.717, 1.165) is 22.2 Å². The van der Waals surface area contributed by atoms with Crippen LogP contribution in [-0.4, -0.2) is 15.1 Å². The summed E-state index contributed by atoms with van der Waals surface area (Å²) in [5, 5.41) is 10.5. The van der Waals surface area contributed by atoms with E-state index in [1.165, 1.54) is 0 Å². The Morgan fingerprint density at radius 1 is 1.00 bits per heavy atom. The molecule has 0 spiro atoms. The van der Waals surface area contributed by atoms with E-state index in [1.54, 1.807) is 18.2 Å². The minimum Gasteiger partial charge on any atom is -0.508 e. The van der Waals surface area contributed by atoms with Crippen LogP contribution in [0, 0.1) is 13.8 Å². The molecule has 0 saturated carbocycles. The molecule has 100 valence electrons. The molecular formula is C16H13ClN2O. The van der Waals surface area contributed by atoms with E-state index >= 15 is 0 Å². The van der Waals surface area contributed by atoms with E-state index in [2.05, 4.69) is 9.97 Å². The topological polar surface area (TPSA) is 46.0 Å². The van der Waals surface area contributed by atoms with Gasteiger partial charge in [-0.3, -0.25) is 0 Å². The van der Waals surface area contributed by atoms with Crippen molar-refractivity contribution in [2.75, 3.05) is 0 Å². The van der Waals surface area contributed by atoms with Gasteiger partial charge in [0.1, 0.15) is 10.9 Å². The van der Waals surface area contributed by atoms with E-state index < -0.39 is 0 Å². The second-order valence-corrected chi connectivity index (χ2v) is 5.16. The summed E-state index contributed by atoms with van der Waals surface area (Å²) in [6.45, 7) is 4.06. The summed E-state index contributed by atoms with van der Waals surface area (Å²) >= 11 is 6.23. The van der Waals surface area contributed by atoms with Crippen molar-refractivity contribution in [3.63, 3.8) is 0 Å². The quantitative estimate of drug-likeness (QED) is 0.679. The largest absolute Gasteiger partial charge is 0.508 e. The van der Waals surface area contributed by atoms with E-state index in [4.69, 9.17) is 11.6 Å². The van der Waals surface area contributed by atoms with E-state index in [-0.39, 0.29) is 5.75 Å². The molecule has 0 bridgehead atoms. The lowest BCUT2D eigenvalue weighted by molar-refractivity contribution is 0.476. The zero-order chi connectivity index (χ0) is 14.3. The third-order valence-electron chi connectivity index (χ3n) is 3.34. The average molecular weight is 285 g/mol. The van der Waals surface area contributed by atoms with Gasteiger partial charge in [0.25, 0.3) is 0 Å². The fourth-order valence-corrected chi connectivity index (χ4v) is 2.59. The summed E-state index contributed by atoms with van der Waals surface area (Å²) in [6.07, 6.45) is 0. The van der Waals surface area contributed by atoms with Gasteiger partial charge in [-0.15, -0.1) is 0 Å². The number of fused-ring (bicyclic) bond motifs is 1. The summed E-state index contributed by atoms with van der Waals surface area (Å²) in [5.74, 6) is 0.770. The number of halogens is 1.